The normalized spacial score (nSPS) is 11.5. The number of nitrogens with one attached hydrogen (secondary N) is 1. The number of anilines is 1. The van der Waals surface area contributed by atoms with Crippen LogP contribution < -0.4 is 5.73 Å². The molecule has 0 bridgehead atoms. The van der Waals surface area contributed by atoms with E-state index in [0.29, 0.717) is 0 Å². The van der Waals surface area contributed by atoms with Gasteiger partial charge in [-0.1, -0.05) is 0 Å². The maximum atomic E-state index is 5.81. The van der Waals surface area contributed by atoms with E-state index in [1.165, 1.54) is 10.9 Å². The number of benzene rings is 2. The monoisotopic (exact) mass is 276 g/mol. The zero-order valence-electron chi connectivity index (χ0n) is 11.8. The number of hydrogen-bond acceptors (Lipinski definition) is 2. The Hall–Kier alpha value is -2.75. The average Bonchev–Trinajstić information content (AvgIpc) is 3.09. The summed E-state index contributed by atoms with van der Waals surface area (Å²) in [7, 11) is 0. The molecule has 4 nitrogen and oxygen atoms in total. The number of nitrogens with zero attached hydrogens (tertiary/aromatic N) is 2. The third kappa shape index (κ3) is 1.88. The van der Waals surface area contributed by atoms with Crippen molar-refractivity contribution in [2.24, 2.45) is 0 Å². The Labute approximate surface area is 122 Å². The molecule has 0 unspecified atom stereocenters. The van der Waals surface area contributed by atoms with Crippen LogP contribution in [0.25, 0.3) is 33.3 Å². The number of aromatic nitrogens is 3. The lowest BCUT2D eigenvalue weighted by Crippen LogP contribution is -1.90. The molecular formula is C17H16N4. The van der Waals surface area contributed by atoms with E-state index in [9.17, 15) is 0 Å². The van der Waals surface area contributed by atoms with Crippen LogP contribution in [0.5, 0.6) is 0 Å². The van der Waals surface area contributed by atoms with Crippen LogP contribution in [-0.4, -0.2) is 14.5 Å². The Kier molecular flexibility index (Phi) is 2.51. The van der Waals surface area contributed by atoms with Crippen LogP contribution in [0.2, 0.25) is 0 Å². The molecule has 0 saturated heterocycles. The van der Waals surface area contributed by atoms with Crippen molar-refractivity contribution in [1.82, 2.24) is 14.5 Å². The predicted molar refractivity (Wildman–Crippen MR) is 87.1 cm³/mol. The summed E-state index contributed by atoms with van der Waals surface area (Å²) in [5, 5.41) is 1.23. The van der Waals surface area contributed by atoms with E-state index in [0.717, 1.165) is 34.7 Å². The third-order valence-electron chi connectivity index (χ3n) is 3.89. The van der Waals surface area contributed by atoms with Crippen LogP contribution in [0.4, 0.5) is 5.69 Å². The van der Waals surface area contributed by atoms with Crippen LogP contribution >= 0.6 is 0 Å². The van der Waals surface area contributed by atoms with Crippen LogP contribution in [-0.2, 0) is 6.54 Å². The first-order valence-electron chi connectivity index (χ1n) is 7.09. The van der Waals surface area contributed by atoms with Gasteiger partial charge in [0.25, 0.3) is 0 Å². The molecule has 0 radical (unpaired) electrons. The van der Waals surface area contributed by atoms with E-state index in [-0.39, 0.29) is 0 Å². The van der Waals surface area contributed by atoms with Crippen molar-refractivity contribution in [3.05, 3.63) is 48.7 Å². The smallest absolute Gasteiger partial charge is 0.138 e. The highest BCUT2D eigenvalue weighted by Crippen LogP contribution is 2.26. The standard InChI is InChI=1S/C17H16N4/c1-2-21-8-7-11-9-12(3-6-16(11)21)17-19-14-5-4-13(18)10-15(14)20-17/h3-10H,2,18H2,1H3,(H,19,20). The lowest BCUT2D eigenvalue weighted by Gasteiger charge is -2.01. The molecule has 0 spiro atoms. The second-order valence-electron chi connectivity index (χ2n) is 5.24. The van der Waals surface area contributed by atoms with Gasteiger partial charge in [-0.15, -0.1) is 0 Å². The van der Waals surface area contributed by atoms with E-state index >= 15 is 0 Å². The minimum absolute atomic E-state index is 0.744. The number of nitrogens with two attached hydrogens (primary N) is 1. The molecule has 104 valence electrons. The summed E-state index contributed by atoms with van der Waals surface area (Å²) in [6, 6.07) is 14.3. The molecule has 2 heterocycles. The first kappa shape index (κ1) is 12.0. The van der Waals surface area contributed by atoms with Gasteiger partial charge in [0.15, 0.2) is 0 Å². The maximum Gasteiger partial charge on any atom is 0.138 e. The van der Waals surface area contributed by atoms with E-state index in [1.807, 2.05) is 18.2 Å². The summed E-state index contributed by atoms with van der Waals surface area (Å²) >= 11 is 0. The summed E-state index contributed by atoms with van der Waals surface area (Å²) < 4.78 is 2.23. The largest absolute Gasteiger partial charge is 0.399 e. The topological polar surface area (TPSA) is 59.6 Å². The quantitative estimate of drug-likeness (QED) is 0.547. The Morgan fingerprint density at radius 2 is 2.05 bits per heavy atom. The van der Waals surface area contributed by atoms with Gasteiger partial charge >= 0.3 is 0 Å². The highest BCUT2D eigenvalue weighted by atomic mass is 14.9. The van der Waals surface area contributed by atoms with Crippen LogP contribution in [0, 0.1) is 0 Å². The minimum atomic E-state index is 0.744. The van der Waals surface area contributed by atoms with Gasteiger partial charge in [0.05, 0.1) is 11.0 Å². The first-order chi connectivity index (χ1) is 10.2. The lowest BCUT2D eigenvalue weighted by molar-refractivity contribution is 0.798. The van der Waals surface area contributed by atoms with Crippen LogP contribution in [0.15, 0.2) is 48.7 Å². The fourth-order valence-corrected chi connectivity index (χ4v) is 2.79. The third-order valence-corrected chi connectivity index (χ3v) is 3.89. The Bertz CT molecular complexity index is 946. The molecule has 0 aliphatic rings. The van der Waals surface area contributed by atoms with Gasteiger partial charge in [-0.2, -0.15) is 0 Å². The number of imidazole rings is 1. The molecule has 2 aromatic heterocycles. The summed E-state index contributed by atoms with van der Waals surface area (Å²) in [4.78, 5) is 7.98. The van der Waals surface area contributed by atoms with Gasteiger partial charge in [0.1, 0.15) is 5.82 Å². The molecule has 0 aliphatic heterocycles. The summed E-state index contributed by atoms with van der Waals surface area (Å²) in [6.45, 7) is 3.13. The maximum absolute atomic E-state index is 5.81. The van der Waals surface area contributed by atoms with Gasteiger partial charge in [-0.3, -0.25) is 0 Å². The average molecular weight is 276 g/mol. The van der Waals surface area contributed by atoms with E-state index in [1.54, 1.807) is 0 Å². The van der Waals surface area contributed by atoms with Gasteiger partial charge in [-0.05, 0) is 49.4 Å². The molecule has 21 heavy (non-hydrogen) atoms. The first-order valence-corrected chi connectivity index (χ1v) is 7.09. The van der Waals surface area contributed by atoms with Crippen LogP contribution in [0.1, 0.15) is 6.92 Å². The fourth-order valence-electron chi connectivity index (χ4n) is 2.79. The van der Waals surface area contributed by atoms with E-state index in [2.05, 4.69) is 51.9 Å². The van der Waals surface area contributed by atoms with Crippen LogP contribution in [0.3, 0.4) is 0 Å². The molecule has 4 rings (SSSR count). The Morgan fingerprint density at radius 1 is 1.14 bits per heavy atom. The number of hydrogen-bond donors (Lipinski definition) is 2. The number of aromatic amines is 1. The second kappa shape index (κ2) is 4.38. The van der Waals surface area contributed by atoms with Crippen molar-refractivity contribution in [2.45, 2.75) is 13.5 Å². The van der Waals surface area contributed by atoms with Crippen molar-refractivity contribution < 1.29 is 0 Å². The number of fused-ring (bicyclic) bond motifs is 2. The molecular weight excluding hydrogens is 260 g/mol. The molecule has 0 atom stereocenters. The molecule has 0 amide bonds. The highest BCUT2D eigenvalue weighted by Gasteiger charge is 2.07. The summed E-state index contributed by atoms with van der Waals surface area (Å²) in [5.74, 6) is 0.877. The number of nitrogen functional groups attached to an aromatic ring is 1. The van der Waals surface area contributed by atoms with Gasteiger partial charge in [-0.25, -0.2) is 4.98 Å². The predicted octanol–water partition coefficient (Wildman–Crippen LogP) is 3.79. The fraction of sp³-hybridized carbons (Fsp3) is 0.118. The Morgan fingerprint density at radius 3 is 2.90 bits per heavy atom. The van der Waals surface area contributed by atoms with Gasteiger partial charge < -0.3 is 15.3 Å². The number of H-pyrrole nitrogens is 1. The number of aryl methyl sites for hydroxylation is 1. The van der Waals surface area contributed by atoms with Crippen molar-refractivity contribution in [3.8, 4) is 11.4 Å². The molecule has 2 aromatic carbocycles. The summed E-state index contributed by atoms with van der Waals surface area (Å²) in [6.07, 6.45) is 2.12. The van der Waals surface area contributed by atoms with Crippen molar-refractivity contribution in [2.75, 3.05) is 5.73 Å². The second-order valence-corrected chi connectivity index (χ2v) is 5.24. The lowest BCUT2D eigenvalue weighted by atomic mass is 10.1. The van der Waals surface area contributed by atoms with Crippen molar-refractivity contribution in [3.63, 3.8) is 0 Å². The van der Waals surface area contributed by atoms with E-state index < -0.39 is 0 Å². The summed E-state index contributed by atoms with van der Waals surface area (Å²) in [5.41, 5.74) is 10.8. The van der Waals surface area contributed by atoms with E-state index in [4.69, 9.17) is 5.73 Å². The van der Waals surface area contributed by atoms with Gasteiger partial charge in [0, 0.05) is 34.9 Å². The molecule has 4 heteroatoms. The molecule has 0 saturated carbocycles. The molecule has 4 aromatic rings. The SMILES string of the molecule is CCn1ccc2cc(-c3nc4ccc(N)cc4[nH]3)ccc21. The van der Waals surface area contributed by atoms with Gasteiger partial charge in [0.2, 0.25) is 0 Å². The molecule has 0 fully saturated rings. The molecule has 0 aliphatic carbocycles. The molecule has 3 N–H and O–H groups in total. The zero-order valence-corrected chi connectivity index (χ0v) is 11.8. The Balaban J connectivity index is 1.87. The zero-order chi connectivity index (χ0) is 14.4. The van der Waals surface area contributed by atoms with Crippen molar-refractivity contribution in [1.29, 1.82) is 0 Å². The highest BCUT2D eigenvalue weighted by molar-refractivity contribution is 5.87. The number of rotatable bonds is 2. The minimum Gasteiger partial charge on any atom is -0.399 e. The van der Waals surface area contributed by atoms with Crippen molar-refractivity contribution >= 4 is 27.6 Å².